The highest BCUT2D eigenvalue weighted by molar-refractivity contribution is 7.17. The van der Waals surface area contributed by atoms with Crippen LogP contribution in [0, 0.1) is 0 Å². The normalized spacial score (nSPS) is 12.9. The Morgan fingerprint density at radius 3 is 3.19 bits per heavy atom. The molecule has 0 saturated heterocycles. The summed E-state index contributed by atoms with van der Waals surface area (Å²) >= 11 is 1.66. The van der Waals surface area contributed by atoms with Gasteiger partial charge in [-0.15, -0.1) is 11.3 Å². The number of hydrogen-bond donors (Lipinski definition) is 1. The molecule has 0 aliphatic rings. The molecule has 16 heavy (non-hydrogen) atoms. The second-order valence-corrected chi connectivity index (χ2v) is 4.60. The summed E-state index contributed by atoms with van der Waals surface area (Å²) < 4.78 is 6.17. The smallest absolute Gasteiger partial charge is 0.147 e. The lowest BCUT2D eigenvalue weighted by molar-refractivity contribution is 0.191. The first-order valence-electron chi connectivity index (χ1n) is 5.25. The molecule has 2 rings (SSSR count). The largest absolute Gasteiger partial charge is 0.385 e. The molecular formula is C11H15N3OS. The zero-order chi connectivity index (χ0) is 11.4. The molecule has 0 amide bonds. The molecule has 86 valence electrons. The Hall–Kier alpha value is -1.20. The highest BCUT2D eigenvalue weighted by Crippen LogP contribution is 2.25. The Labute approximate surface area is 98.7 Å². The van der Waals surface area contributed by atoms with Gasteiger partial charge in [-0.3, -0.25) is 0 Å². The van der Waals surface area contributed by atoms with Gasteiger partial charge in [0.15, 0.2) is 0 Å². The van der Waals surface area contributed by atoms with Gasteiger partial charge in [0.1, 0.15) is 12.1 Å². The van der Waals surface area contributed by atoms with Crippen molar-refractivity contribution in [2.45, 2.75) is 19.4 Å². The highest BCUT2D eigenvalue weighted by Gasteiger charge is 2.07. The van der Waals surface area contributed by atoms with Crippen LogP contribution in [0.3, 0.4) is 0 Å². The van der Waals surface area contributed by atoms with Crippen LogP contribution in [0.2, 0.25) is 0 Å². The minimum atomic E-state index is 0.347. The average Bonchev–Trinajstić information content (AvgIpc) is 2.75. The van der Waals surface area contributed by atoms with Gasteiger partial charge in [0.05, 0.1) is 10.2 Å². The third-order valence-electron chi connectivity index (χ3n) is 2.38. The minimum absolute atomic E-state index is 0.347. The number of methoxy groups -OCH3 is 1. The van der Waals surface area contributed by atoms with E-state index in [1.165, 1.54) is 0 Å². The maximum absolute atomic E-state index is 5.05. The molecule has 0 spiro atoms. The van der Waals surface area contributed by atoms with Crippen molar-refractivity contribution in [2.24, 2.45) is 0 Å². The lowest BCUT2D eigenvalue weighted by atomic mass is 10.2. The minimum Gasteiger partial charge on any atom is -0.385 e. The summed E-state index contributed by atoms with van der Waals surface area (Å²) in [4.78, 5) is 8.48. The number of nitrogens with one attached hydrogen (secondary N) is 1. The molecule has 0 aromatic carbocycles. The van der Waals surface area contributed by atoms with Crippen molar-refractivity contribution in [3.05, 3.63) is 17.8 Å². The summed E-state index contributed by atoms with van der Waals surface area (Å²) in [6, 6.07) is 2.35. The molecule has 2 heterocycles. The first-order valence-corrected chi connectivity index (χ1v) is 6.13. The summed E-state index contributed by atoms with van der Waals surface area (Å²) in [7, 11) is 1.72. The fourth-order valence-electron chi connectivity index (χ4n) is 1.49. The van der Waals surface area contributed by atoms with E-state index in [0.717, 1.165) is 29.1 Å². The molecule has 0 bridgehead atoms. The molecule has 1 N–H and O–H groups in total. The standard InChI is InChI=1S/C11H15N3OS/c1-8(3-5-15-2)14-11-10-9(4-6-16-10)12-7-13-11/h4,6-8H,3,5H2,1-2H3,(H,12,13,14). The van der Waals surface area contributed by atoms with E-state index in [0.29, 0.717) is 6.04 Å². The van der Waals surface area contributed by atoms with E-state index < -0.39 is 0 Å². The van der Waals surface area contributed by atoms with Crippen LogP contribution in [0.5, 0.6) is 0 Å². The monoisotopic (exact) mass is 237 g/mol. The van der Waals surface area contributed by atoms with Gasteiger partial charge < -0.3 is 10.1 Å². The Morgan fingerprint density at radius 1 is 1.50 bits per heavy atom. The van der Waals surface area contributed by atoms with Crippen LogP contribution in [0.25, 0.3) is 10.2 Å². The van der Waals surface area contributed by atoms with Crippen molar-refractivity contribution in [2.75, 3.05) is 19.0 Å². The zero-order valence-corrected chi connectivity index (χ0v) is 10.3. The molecule has 4 nitrogen and oxygen atoms in total. The van der Waals surface area contributed by atoms with E-state index in [4.69, 9.17) is 4.74 Å². The van der Waals surface area contributed by atoms with Crippen LogP contribution in [0.15, 0.2) is 17.8 Å². The van der Waals surface area contributed by atoms with Crippen molar-refractivity contribution in [3.63, 3.8) is 0 Å². The Balaban J connectivity index is 2.11. The lowest BCUT2D eigenvalue weighted by Gasteiger charge is -2.13. The number of nitrogens with zero attached hydrogens (tertiary/aromatic N) is 2. The van der Waals surface area contributed by atoms with Crippen LogP contribution in [0.4, 0.5) is 5.82 Å². The third-order valence-corrected chi connectivity index (χ3v) is 3.29. The van der Waals surface area contributed by atoms with Crippen LogP contribution in [0.1, 0.15) is 13.3 Å². The second kappa shape index (κ2) is 5.23. The van der Waals surface area contributed by atoms with Crippen molar-refractivity contribution in [1.29, 1.82) is 0 Å². The summed E-state index contributed by atoms with van der Waals surface area (Å²) in [6.07, 6.45) is 2.56. The van der Waals surface area contributed by atoms with Gasteiger partial charge in [-0.2, -0.15) is 0 Å². The number of fused-ring (bicyclic) bond motifs is 1. The fraction of sp³-hybridized carbons (Fsp3) is 0.455. The lowest BCUT2D eigenvalue weighted by Crippen LogP contribution is -2.18. The zero-order valence-electron chi connectivity index (χ0n) is 9.43. The molecular weight excluding hydrogens is 222 g/mol. The molecule has 2 aromatic rings. The predicted octanol–water partition coefficient (Wildman–Crippen LogP) is 2.53. The number of thiophene rings is 1. The quantitative estimate of drug-likeness (QED) is 0.868. The Morgan fingerprint density at radius 2 is 2.38 bits per heavy atom. The van der Waals surface area contributed by atoms with Crippen molar-refractivity contribution >= 4 is 27.4 Å². The molecule has 0 aliphatic heterocycles. The van der Waals surface area contributed by atoms with Crippen LogP contribution in [-0.4, -0.2) is 29.7 Å². The third kappa shape index (κ3) is 2.48. The van der Waals surface area contributed by atoms with Gasteiger partial charge in [0.2, 0.25) is 0 Å². The van der Waals surface area contributed by atoms with Gasteiger partial charge in [-0.25, -0.2) is 9.97 Å². The second-order valence-electron chi connectivity index (χ2n) is 3.68. The van der Waals surface area contributed by atoms with E-state index in [-0.39, 0.29) is 0 Å². The van der Waals surface area contributed by atoms with Gasteiger partial charge >= 0.3 is 0 Å². The predicted molar refractivity (Wildman–Crippen MR) is 67.0 cm³/mol. The van der Waals surface area contributed by atoms with E-state index in [1.54, 1.807) is 24.8 Å². The van der Waals surface area contributed by atoms with Gasteiger partial charge in [-0.05, 0) is 24.8 Å². The number of aromatic nitrogens is 2. The van der Waals surface area contributed by atoms with Gasteiger partial charge in [0, 0.05) is 19.8 Å². The maximum Gasteiger partial charge on any atom is 0.147 e. The van der Waals surface area contributed by atoms with E-state index in [9.17, 15) is 0 Å². The number of hydrogen-bond acceptors (Lipinski definition) is 5. The van der Waals surface area contributed by atoms with Gasteiger partial charge in [-0.1, -0.05) is 0 Å². The first kappa shape index (κ1) is 11.3. The highest BCUT2D eigenvalue weighted by atomic mass is 32.1. The Kier molecular flexibility index (Phi) is 3.69. The average molecular weight is 237 g/mol. The number of ether oxygens (including phenoxy) is 1. The molecule has 1 atom stereocenters. The topological polar surface area (TPSA) is 47.0 Å². The molecule has 0 radical (unpaired) electrons. The summed E-state index contributed by atoms with van der Waals surface area (Å²) in [5, 5.41) is 5.42. The molecule has 1 unspecified atom stereocenters. The van der Waals surface area contributed by atoms with Gasteiger partial charge in [0.25, 0.3) is 0 Å². The maximum atomic E-state index is 5.05. The fourth-order valence-corrected chi connectivity index (χ4v) is 2.29. The molecule has 2 aromatic heterocycles. The number of rotatable bonds is 5. The SMILES string of the molecule is COCCC(C)Nc1ncnc2ccsc12. The summed E-state index contributed by atoms with van der Waals surface area (Å²) in [5.41, 5.74) is 1.00. The van der Waals surface area contributed by atoms with Crippen LogP contribution in [-0.2, 0) is 4.74 Å². The molecule has 0 fully saturated rings. The molecule has 0 aliphatic carbocycles. The molecule has 0 saturated carbocycles. The van der Waals surface area contributed by atoms with Crippen LogP contribution < -0.4 is 5.32 Å². The summed E-state index contributed by atoms with van der Waals surface area (Å²) in [5.74, 6) is 0.920. The van der Waals surface area contributed by atoms with Crippen molar-refractivity contribution in [3.8, 4) is 0 Å². The summed E-state index contributed by atoms with van der Waals surface area (Å²) in [6.45, 7) is 2.88. The van der Waals surface area contributed by atoms with E-state index >= 15 is 0 Å². The van der Waals surface area contributed by atoms with E-state index in [2.05, 4.69) is 22.2 Å². The van der Waals surface area contributed by atoms with Crippen molar-refractivity contribution in [1.82, 2.24) is 9.97 Å². The Bertz CT molecular complexity index is 457. The van der Waals surface area contributed by atoms with Crippen LogP contribution >= 0.6 is 11.3 Å². The van der Waals surface area contributed by atoms with Crippen molar-refractivity contribution < 1.29 is 4.74 Å². The number of anilines is 1. The first-order chi connectivity index (χ1) is 7.81. The molecule has 5 heteroatoms. The van der Waals surface area contributed by atoms with E-state index in [1.807, 2.05) is 11.4 Å².